The van der Waals surface area contributed by atoms with Crippen molar-refractivity contribution in [3.05, 3.63) is 55.2 Å². The molecular formula is C12H8BrNO5S2. The van der Waals surface area contributed by atoms with Crippen LogP contribution in [-0.4, -0.2) is 24.9 Å². The molecule has 6 nitrogen and oxygen atoms in total. The van der Waals surface area contributed by atoms with Gasteiger partial charge in [-0.15, -0.1) is 11.3 Å². The summed E-state index contributed by atoms with van der Waals surface area (Å²) in [5.41, 5.74) is -0.530. The molecule has 0 saturated heterocycles. The smallest absolute Gasteiger partial charge is 0.287 e. The van der Waals surface area contributed by atoms with Gasteiger partial charge in [0.1, 0.15) is 10.6 Å². The minimum atomic E-state index is -4.07. The van der Waals surface area contributed by atoms with Crippen LogP contribution in [0.3, 0.4) is 0 Å². The van der Waals surface area contributed by atoms with Crippen LogP contribution in [0.2, 0.25) is 0 Å². The van der Waals surface area contributed by atoms with Crippen LogP contribution >= 0.6 is 27.3 Å². The Labute approximate surface area is 132 Å². The Morgan fingerprint density at radius 2 is 1.90 bits per heavy atom. The van der Waals surface area contributed by atoms with Gasteiger partial charge in [0, 0.05) is 6.07 Å². The average Bonchev–Trinajstić information content (AvgIpc) is 2.85. The van der Waals surface area contributed by atoms with Gasteiger partial charge in [0.2, 0.25) is 0 Å². The summed E-state index contributed by atoms with van der Waals surface area (Å²) >= 11 is 4.29. The van der Waals surface area contributed by atoms with Crippen molar-refractivity contribution in [1.29, 1.82) is 0 Å². The maximum Gasteiger partial charge on any atom is 0.287 e. The lowest BCUT2D eigenvalue weighted by atomic mass is 10.3. The zero-order valence-electron chi connectivity index (χ0n) is 10.4. The van der Waals surface area contributed by atoms with Crippen molar-refractivity contribution < 1.29 is 18.1 Å². The highest BCUT2D eigenvalue weighted by Crippen LogP contribution is 2.27. The van der Waals surface area contributed by atoms with Gasteiger partial charge in [-0.3, -0.25) is 14.9 Å². The third kappa shape index (κ3) is 3.55. The second-order valence-electron chi connectivity index (χ2n) is 4.01. The molecule has 1 aromatic heterocycles. The van der Waals surface area contributed by atoms with E-state index in [9.17, 15) is 23.3 Å². The average molecular weight is 390 g/mol. The van der Waals surface area contributed by atoms with Gasteiger partial charge in [-0.25, -0.2) is 8.42 Å². The maximum absolute atomic E-state index is 12.2. The van der Waals surface area contributed by atoms with Crippen LogP contribution in [0.5, 0.6) is 0 Å². The molecule has 0 aliphatic rings. The molecule has 0 atom stereocenters. The summed E-state index contributed by atoms with van der Waals surface area (Å²) in [6.45, 7) is 0. The fraction of sp³-hybridized carbons (Fsp3) is 0.0833. The Kier molecular flexibility index (Phi) is 4.55. The minimum absolute atomic E-state index is 0.282. The summed E-state index contributed by atoms with van der Waals surface area (Å²) in [5, 5.41) is 10.9. The molecule has 9 heteroatoms. The number of thiophene rings is 1. The van der Waals surface area contributed by atoms with Gasteiger partial charge < -0.3 is 0 Å². The summed E-state index contributed by atoms with van der Waals surface area (Å²) < 4.78 is 25.1. The topological polar surface area (TPSA) is 94.3 Å². The summed E-state index contributed by atoms with van der Waals surface area (Å²) in [6.07, 6.45) is 0. The number of nitro benzene ring substituents is 1. The molecule has 0 aliphatic heterocycles. The number of rotatable bonds is 5. The lowest BCUT2D eigenvalue weighted by Crippen LogP contribution is -2.16. The number of halogens is 1. The van der Waals surface area contributed by atoms with Crippen LogP contribution in [-0.2, 0) is 9.84 Å². The van der Waals surface area contributed by atoms with Crippen LogP contribution in [0.4, 0.5) is 5.69 Å². The second kappa shape index (κ2) is 6.04. The fourth-order valence-electron chi connectivity index (χ4n) is 1.66. The van der Waals surface area contributed by atoms with Crippen molar-refractivity contribution in [2.75, 3.05) is 5.75 Å². The van der Waals surface area contributed by atoms with E-state index in [0.717, 1.165) is 23.5 Å². The Morgan fingerprint density at radius 1 is 1.24 bits per heavy atom. The summed E-state index contributed by atoms with van der Waals surface area (Å²) in [4.78, 5) is 21.9. The van der Waals surface area contributed by atoms with Crippen molar-refractivity contribution >= 4 is 48.6 Å². The molecule has 0 unspecified atom stereocenters. The molecule has 110 valence electrons. The lowest BCUT2D eigenvalue weighted by molar-refractivity contribution is -0.387. The van der Waals surface area contributed by atoms with Crippen LogP contribution in [0.1, 0.15) is 9.67 Å². The van der Waals surface area contributed by atoms with Crippen molar-refractivity contribution in [3.8, 4) is 0 Å². The first kappa shape index (κ1) is 15.8. The monoisotopic (exact) mass is 389 g/mol. The van der Waals surface area contributed by atoms with Crippen molar-refractivity contribution in [2.45, 2.75) is 4.90 Å². The van der Waals surface area contributed by atoms with Crippen molar-refractivity contribution in [2.24, 2.45) is 0 Å². The molecule has 2 rings (SSSR count). The van der Waals surface area contributed by atoms with Crippen molar-refractivity contribution in [3.63, 3.8) is 0 Å². The molecule has 0 saturated carbocycles. The van der Waals surface area contributed by atoms with E-state index in [2.05, 4.69) is 15.9 Å². The first-order valence-electron chi connectivity index (χ1n) is 5.56. The molecule has 0 spiro atoms. The highest BCUT2D eigenvalue weighted by Gasteiger charge is 2.28. The molecule has 0 radical (unpaired) electrons. The quantitative estimate of drug-likeness (QED) is 0.444. The molecule has 1 heterocycles. The lowest BCUT2D eigenvalue weighted by Gasteiger charge is -2.03. The number of sulfone groups is 1. The highest BCUT2D eigenvalue weighted by molar-refractivity contribution is 9.11. The van der Waals surface area contributed by atoms with Crippen LogP contribution in [0.25, 0.3) is 0 Å². The zero-order valence-corrected chi connectivity index (χ0v) is 13.6. The molecule has 0 N–H and O–H groups in total. The third-order valence-electron chi connectivity index (χ3n) is 2.57. The van der Waals surface area contributed by atoms with Crippen LogP contribution in [0.15, 0.2) is 45.1 Å². The normalized spacial score (nSPS) is 11.3. The SMILES string of the molecule is O=C(CS(=O)(=O)c1ccccc1[N+](=O)[O-])c1ccc(Br)s1. The van der Waals surface area contributed by atoms with Crippen molar-refractivity contribution in [1.82, 2.24) is 0 Å². The number of ketones is 1. The van der Waals surface area contributed by atoms with E-state index < -0.39 is 36.9 Å². The summed E-state index contributed by atoms with van der Waals surface area (Å²) in [7, 11) is -4.07. The first-order valence-corrected chi connectivity index (χ1v) is 8.82. The molecular weight excluding hydrogens is 382 g/mol. The number of benzene rings is 1. The summed E-state index contributed by atoms with van der Waals surface area (Å²) in [5.74, 6) is -1.39. The molecule has 1 aromatic carbocycles. The van der Waals surface area contributed by atoms with Gasteiger partial charge in [-0.05, 0) is 34.1 Å². The van der Waals surface area contributed by atoms with Gasteiger partial charge in [-0.2, -0.15) is 0 Å². The molecule has 0 bridgehead atoms. The molecule has 21 heavy (non-hydrogen) atoms. The van der Waals surface area contributed by atoms with Gasteiger partial charge in [0.05, 0.1) is 13.6 Å². The first-order chi connectivity index (χ1) is 9.81. The minimum Gasteiger partial charge on any atom is -0.292 e. The maximum atomic E-state index is 12.2. The second-order valence-corrected chi connectivity index (χ2v) is 8.43. The number of nitro groups is 1. The van der Waals surface area contributed by atoms with E-state index in [4.69, 9.17) is 0 Å². The fourth-order valence-corrected chi connectivity index (χ4v) is 4.47. The van der Waals surface area contributed by atoms with Gasteiger partial charge in [0.15, 0.2) is 15.6 Å². The molecule has 0 fully saturated rings. The number of carbonyl (C=O) groups is 1. The highest BCUT2D eigenvalue weighted by atomic mass is 79.9. The number of carbonyl (C=O) groups excluding carboxylic acids is 1. The summed E-state index contributed by atoms with van der Waals surface area (Å²) in [6, 6.07) is 8.12. The van der Waals surface area contributed by atoms with Gasteiger partial charge >= 0.3 is 0 Å². The van der Waals surface area contributed by atoms with E-state index in [1.54, 1.807) is 6.07 Å². The van der Waals surface area contributed by atoms with E-state index in [0.29, 0.717) is 3.79 Å². The molecule has 0 aliphatic carbocycles. The Balaban J connectivity index is 2.35. The Morgan fingerprint density at radius 3 is 2.48 bits per heavy atom. The van der Waals surface area contributed by atoms with Crippen LogP contribution < -0.4 is 0 Å². The molecule has 0 amide bonds. The number of hydrogen-bond acceptors (Lipinski definition) is 6. The van der Waals surface area contributed by atoms with E-state index in [-0.39, 0.29) is 4.88 Å². The van der Waals surface area contributed by atoms with Gasteiger partial charge in [-0.1, -0.05) is 12.1 Å². The third-order valence-corrected chi connectivity index (χ3v) is 5.89. The Hall–Kier alpha value is -1.58. The number of para-hydroxylation sites is 1. The predicted octanol–water partition coefficient (Wildman–Crippen LogP) is 3.08. The van der Waals surface area contributed by atoms with E-state index in [1.165, 1.54) is 18.2 Å². The largest absolute Gasteiger partial charge is 0.292 e. The Bertz CT molecular complexity index is 813. The number of Topliss-reactive ketones (excluding diaryl/α,β-unsaturated/α-hetero) is 1. The van der Waals surface area contributed by atoms with Gasteiger partial charge in [0.25, 0.3) is 5.69 Å². The number of nitrogens with zero attached hydrogens (tertiary/aromatic N) is 1. The number of hydrogen-bond donors (Lipinski definition) is 0. The van der Waals surface area contributed by atoms with E-state index >= 15 is 0 Å². The predicted molar refractivity (Wildman–Crippen MR) is 81.5 cm³/mol. The zero-order chi connectivity index (χ0) is 15.6. The van der Waals surface area contributed by atoms with Crippen LogP contribution in [0, 0.1) is 10.1 Å². The standard InChI is InChI=1S/C12H8BrNO5S2/c13-12-6-5-10(20-12)9(15)7-21(18,19)11-4-2-1-3-8(11)14(16)17/h1-6H,7H2. The molecule has 2 aromatic rings. The van der Waals surface area contributed by atoms with E-state index in [1.807, 2.05) is 0 Å².